The van der Waals surface area contributed by atoms with Crippen molar-refractivity contribution in [3.8, 4) is 0 Å². The molecule has 0 aromatic heterocycles. The van der Waals surface area contributed by atoms with Crippen LogP contribution in [-0.2, 0) is 14.3 Å². The first kappa shape index (κ1) is 9.26. The molecule has 3 heteroatoms. The van der Waals surface area contributed by atoms with E-state index in [1.807, 2.05) is 0 Å². The molecular weight excluding hydrogens is 156 g/mol. The number of hydrogen-bond donors (Lipinski definition) is 0. The van der Waals surface area contributed by atoms with Crippen LogP contribution in [0.3, 0.4) is 0 Å². The van der Waals surface area contributed by atoms with Crippen molar-refractivity contribution in [2.45, 2.75) is 13.3 Å². The highest BCUT2D eigenvalue weighted by atomic mass is 16.5. The van der Waals surface area contributed by atoms with E-state index < -0.39 is 0 Å². The average molecular weight is 170 g/mol. The van der Waals surface area contributed by atoms with Crippen molar-refractivity contribution in [1.29, 1.82) is 0 Å². The van der Waals surface area contributed by atoms with Crippen LogP contribution in [0.2, 0.25) is 0 Å². The molecule has 68 valence electrons. The lowest BCUT2D eigenvalue weighted by molar-refractivity contribution is -0.140. The van der Waals surface area contributed by atoms with Crippen molar-refractivity contribution < 1.29 is 14.3 Å². The molecule has 0 aromatic rings. The molecule has 1 aliphatic rings. The van der Waals surface area contributed by atoms with E-state index in [0.717, 1.165) is 13.0 Å². The maximum Gasteiger partial charge on any atom is 0.333 e. The monoisotopic (exact) mass is 170 g/mol. The molecule has 0 aromatic carbocycles. The van der Waals surface area contributed by atoms with Crippen LogP contribution in [-0.4, -0.2) is 25.8 Å². The second kappa shape index (κ2) is 4.26. The molecule has 1 saturated heterocycles. The molecule has 1 rings (SSSR count). The zero-order chi connectivity index (χ0) is 8.97. The zero-order valence-corrected chi connectivity index (χ0v) is 7.34. The van der Waals surface area contributed by atoms with E-state index >= 15 is 0 Å². The van der Waals surface area contributed by atoms with Crippen LogP contribution in [0.25, 0.3) is 0 Å². The third-order valence-electron chi connectivity index (χ3n) is 1.82. The van der Waals surface area contributed by atoms with E-state index in [1.54, 1.807) is 6.92 Å². The van der Waals surface area contributed by atoms with Gasteiger partial charge in [0.25, 0.3) is 0 Å². The molecule has 0 saturated carbocycles. The molecular formula is C9H14O3. The molecule has 1 fully saturated rings. The van der Waals surface area contributed by atoms with Crippen LogP contribution in [0, 0.1) is 5.92 Å². The summed E-state index contributed by atoms with van der Waals surface area (Å²) in [5.41, 5.74) is 0.453. The largest absolute Gasteiger partial charge is 0.462 e. The Morgan fingerprint density at radius 1 is 1.75 bits per heavy atom. The highest BCUT2D eigenvalue weighted by Crippen LogP contribution is 2.12. The number of carbonyl (C=O) groups excluding carboxylic acids is 1. The molecule has 0 bridgehead atoms. The number of carbonyl (C=O) groups is 1. The Balaban J connectivity index is 2.16. The number of ether oxygens (including phenoxy) is 2. The minimum absolute atomic E-state index is 0.304. The predicted octanol–water partition coefficient (Wildman–Crippen LogP) is 1.14. The Hall–Kier alpha value is -0.830. The van der Waals surface area contributed by atoms with Crippen molar-refractivity contribution in [3.63, 3.8) is 0 Å². The van der Waals surface area contributed by atoms with Crippen molar-refractivity contribution in [3.05, 3.63) is 12.2 Å². The fourth-order valence-electron chi connectivity index (χ4n) is 1.03. The van der Waals surface area contributed by atoms with Gasteiger partial charge in [0.2, 0.25) is 0 Å². The normalized spacial score (nSPS) is 22.2. The van der Waals surface area contributed by atoms with Gasteiger partial charge in [-0.1, -0.05) is 6.58 Å². The standard InChI is InChI=1S/C9H14O3/c1-7(2)9(10)12-6-8-3-4-11-5-8/h8H,1,3-6H2,2H3. The molecule has 1 aliphatic heterocycles. The van der Waals surface area contributed by atoms with E-state index in [4.69, 9.17) is 9.47 Å². The predicted molar refractivity (Wildman–Crippen MR) is 44.7 cm³/mol. The van der Waals surface area contributed by atoms with Gasteiger partial charge in [0.1, 0.15) is 0 Å². The van der Waals surface area contributed by atoms with Gasteiger partial charge >= 0.3 is 5.97 Å². The first-order valence-corrected chi connectivity index (χ1v) is 4.10. The Morgan fingerprint density at radius 2 is 2.50 bits per heavy atom. The Kier molecular flexibility index (Phi) is 3.29. The van der Waals surface area contributed by atoms with E-state index in [0.29, 0.717) is 24.7 Å². The number of hydrogen-bond acceptors (Lipinski definition) is 3. The van der Waals surface area contributed by atoms with Crippen LogP contribution in [0.15, 0.2) is 12.2 Å². The van der Waals surface area contributed by atoms with Gasteiger partial charge in [-0.15, -0.1) is 0 Å². The van der Waals surface area contributed by atoms with E-state index in [2.05, 4.69) is 6.58 Å². The summed E-state index contributed by atoms with van der Waals surface area (Å²) >= 11 is 0. The van der Waals surface area contributed by atoms with Gasteiger partial charge in [-0.2, -0.15) is 0 Å². The zero-order valence-electron chi connectivity index (χ0n) is 7.34. The SMILES string of the molecule is C=C(C)C(=O)OCC1CCOC1. The van der Waals surface area contributed by atoms with E-state index in [-0.39, 0.29) is 5.97 Å². The van der Waals surface area contributed by atoms with Gasteiger partial charge in [-0.3, -0.25) is 0 Å². The van der Waals surface area contributed by atoms with E-state index in [1.165, 1.54) is 0 Å². The highest BCUT2D eigenvalue weighted by molar-refractivity contribution is 5.86. The van der Waals surface area contributed by atoms with E-state index in [9.17, 15) is 4.79 Å². The summed E-state index contributed by atoms with van der Waals surface area (Å²) in [5.74, 6) is 0.0789. The van der Waals surface area contributed by atoms with Gasteiger partial charge in [0.15, 0.2) is 0 Å². The first-order chi connectivity index (χ1) is 5.70. The van der Waals surface area contributed by atoms with Gasteiger partial charge in [0, 0.05) is 18.1 Å². The summed E-state index contributed by atoms with van der Waals surface area (Å²) in [6.45, 7) is 7.10. The summed E-state index contributed by atoms with van der Waals surface area (Å²) < 4.78 is 10.1. The fraction of sp³-hybridized carbons (Fsp3) is 0.667. The van der Waals surface area contributed by atoms with Gasteiger partial charge < -0.3 is 9.47 Å². The quantitative estimate of drug-likeness (QED) is 0.470. The molecule has 0 spiro atoms. The summed E-state index contributed by atoms with van der Waals surface area (Å²) in [4.78, 5) is 10.9. The topological polar surface area (TPSA) is 35.5 Å². The molecule has 1 heterocycles. The lowest BCUT2D eigenvalue weighted by Gasteiger charge is -2.07. The molecule has 3 nitrogen and oxygen atoms in total. The Morgan fingerprint density at radius 3 is 3.00 bits per heavy atom. The third-order valence-corrected chi connectivity index (χ3v) is 1.82. The molecule has 12 heavy (non-hydrogen) atoms. The number of esters is 1. The lowest BCUT2D eigenvalue weighted by Crippen LogP contribution is -2.14. The van der Waals surface area contributed by atoms with Gasteiger partial charge in [0.05, 0.1) is 13.2 Å². The van der Waals surface area contributed by atoms with Crippen molar-refractivity contribution >= 4 is 5.97 Å². The molecule has 0 N–H and O–H groups in total. The smallest absolute Gasteiger partial charge is 0.333 e. The summed E-state index contributed by atoms with van der Waals surface area (Å²) in [6, 6.07) is 0. The van der Waals surface area contributed by atoms with Gasteiger partial charge in [-0.05, 0) is 13.3 Å². The summed E-state index contributed by atoms with van der Waals surface area (Å²) in [7, 11) is 0. The highest BCUT2D eigenvalue weighted by Gasteiger charge is 2.17. The summed E-state index contributed by atoms with van der Waals surface area (Å²) in [6.07, 6.45) is 0.990. The van der Waals surface area contributed by atoms with Crippen molar-refractivity contribution in [1.82, 2.24) is 0 Å². The van der Waals surface area contributed by atoms with Crippen LogP contribution >= 0.6 is 0 Å². The van der Waals surface area contributed by atoms with Crippen LogP contribution in [0.4, 0.5) is 0 Å². The maximum atomic E-state index is 10.9. The Bertz CT molecular complexity index is 180. The Labute approximate surface area is 72.4 Å². The molecule has 0 radical (unpaired) electrons. The molecule has 0 amide bonds. The molecule has 1 unspecified atom stereocenters. The minimum atomic E-state index is -0.304. The van der Waals surface area contributed by atoms with Crippen molar-refractivity contribution in [2.75, 3.05) is 19.8 Å². The molecule has 0 aliphatic carbocycles. The number of rotatable bonds is 3. The van der Waals surface area contributed by atoms with Crippen molar-refractivity contribution in [2.24, 2.45) is 5.92 Å². The average Bonchev–Trinajstić information content (AvgIpc) is 2.51. The lowest BCUT2D eigenvalue weighted by atomic mass is 10.1. The second-order valence-corrected chi connectivity index (χ2v) is 3.11. The third kappa shape index (κ3) is 2.66. The second-order valence-electron chi connectivity index (χ2n) is 3.11. The molecule has 1 atom stereocenters. The van der Waals surface area contributed by atoms with Crippen LogP contribution < -0.4 is 0 Å². The summed E-state index contributed by atoms with van der Waals surface area (Å²) in [5, 5.41) is 0. The van der Waals surface area contributed by atoms with Gasteiger partial charge in [-0.25, -0.2) is 4.79 Å². The maximum absolute atomic E-state index is 10.9. The van der Waals surface area contributed by atoms with Crippen LogP contribution in [0.1, 0.15) is 13.3 Å². The fourth-order valence-corrected chi connectivity index (χ4v) is 1.03. The first-order valence-electron chi connectivity index (χ1n) is 4.10. The minimum Gasteiger partial charge on any atom is -0.462 e. The van der Waals surface area contributed by atoms with Crippen LogP contribution in [0.5, 0.6) is 0 Å².